The number of carbonyl (C=O) groups is 1. The third-order valence-electron chi connectivity index (χ3n) is 2.66. The summed E-state index contributed by atoms with van der Waals surface area (Å²) in [4.78, 5) is 22.7. The van der Waals surface area contributed by atoms with E-state index in [1.165, 1.54) is 10.6 Å². The number of hydrogen-bond donors (Lipinski definition) is 1. The number of rotatable bonds is 4. The molecule has 0 aliphatic heterocycles. The van der Waals surface area contributed by atoms with Crippen LogP contribution in [0.2, 0.25) is 0 Å². The fourth-order valence-electron chi connectivity index (χ4n) is 1.70. The Balaban J connectivity index is 2.37. The first-order chi connectivity index (χ1) is 8.61. The molecule has 0 bridgehead atoms. The topological polar surface area (TPSA) is 82.9 Å². The summed E-state index contributed by atoms with van der Waals surface area (Å²) in [5, 5.41) is 4.10. The van der Waals surface area contributed by atoms with Crippen molar-refractivity contribution < 1.29 is 4.79 Å². The van der Waals surface area contributed by atoms with E-state index in [2.05, 4.69) is 5.10 Å². The fraction of sp³-hybridized carbons (Fsp3) is 0.250. The molecule has 0 aromatic carbocycles. The van der Waals surface area contributed by atoms with Crippen LogP contribution in [-0.4, -0.2) is 20.3 Å². The zero-order chi connectivity index (χ0) is 13.1. The molecule has 0 saturated carbocycles. The van der Waals surface area contributed by atoms with Gasteiger partial charge in [0.2, 0.25) is 0 Å². The number of hydrogen-bond acceptors (Lipinski definition) is 3. The Hall–Kier alpha value is -2.37. The first-order valence-corrected chi connectivity index (χ1v) is 5.64. The standard InChI is InChI=1S/C12H14N4O2/c1-2-9-7-10(12(13)18)14-16(9)8-15-6-4-3-5-11(15)17/h3-7H,2,8H2,1H3,(H2,13,18). The lowest BCUT2D eigenvalue weighted by molar-refractivity contribution is 0.0994. The molecule has 2 aromatic heterocycles. The molecule has 0 radical (unpaired) electrons. The highest BCUT2D eigenvalue weighted by molar-refractivity contribution is 5.90. The van der Waals surface area contributed by atoms with Crippen molar-refractivity contribution in [3.05, 3.63) is 52.2 Å². The molecule has 94 valence electrons. The molecule has 2 N–H and O–H groups in total. The lowest BCUT2D eigenvalue weighted by Crippen LogP contribution is -2.23. The third kappa shape index (κ3) is 2.32. The van der Waals surface area contributed by atoms with E-state index in [1.807, 2.05) is 6.92 Å². The second-order valence-corrected chi connectivity index (χ2v) is 3.89. The van der Waals surface area contributed by atoms with Crippen LogP contribution in [0.3, 0.4) is 0 Å². The summed E-state index contributed by atoms with van der Waals surface area (Å²) in [5.41, 5.74) is 6.15. The van der Waals surface area contributed by atoms with Gasteiger partial charge in [-0.25, -0.2) is 4.68 Å². The van der Waals surface area contributed by atoms with Crippen LogP contribution in [0.4, 0.5) is 0 Å². The second kappa shape index (κ2) is 4.87. The Labute approximate surface area is 104 Å². The zero-order valence-electron chi connectivity index (χ0n) is 10.0. The van der Waals surface area contributed by atoms with Gasteiger partial charge in [0.1, 0.15) is 12.4 Å². The van der Waals surface area contributed by atoms with E-state index in [4.69, 9.17) is 5.73 Å². The highest BCUT2D eigenvalue weighted by Crippen LogP contribution is 2.05. The molecular weight excluding hydrogens is 232 g/mol. The van der Waals surface area contributed by atoms with Crippen molar-refractivity contribution >= 4 is 5.91 Å². The first kappa shape index (κ1) is 12.1. The summed E-state index contributed by atoms with van der Waals surface area (Å²) in [6.45, 7) is 2.22. The van der Waals surface area contributed by atoms with Gasteiger partial charge in [-0.15, -0.1) is 0 Å². The summed E-state index contributed by atoms with van der Waals surface area (Å²) >= 11 is 0. The summed E-state index contributed by atoms with van der Waals surface area (Å²) in [7, 11) is 0. The normalized spacial score (nSPS) is 10.5. The molecule has 2 heterocycles. The smallest absolute Gasteiger partial charge is 0.269 e. The second-order valence-electron chi connectivity index (χ2n) is 3.89. The number of aromatic nitrogens is 3. The molecule has 0 aliphatic carbocycles. The Morgan fingerprint density at radius 2 is 2.22 bits per heavy atom. The summed E-state index contributed by atoms with van der Waals surface area (Å²) < 4.78 is 3.12. The number of primary amides is 1. The van der Waals surface area contributed by atoms with Crippen molar-refractivity contribution in [2.75, 3.05) is 0 Å². The number of pyridine rings is 1. The van der Waals surface area contributed by atoms with Crippen LogP contribution in [0.5, 0.6) is 0 Å². The van der Waals surface area contributed by atoms with Gasteiger partial charge in [-0.2, -0.15) is 5.10 Å². The highest BCUT2D eigenvalue weighted by atomic mass is 16.1. The fourth-order valence-corrected chi connectivity index (χ4v) is 1.70. The molecule has 1 amide bonds. The van der Waals surface area contributed by atoms with Gasteiger partial charge in [-0.3, -0.25) is 14.2 Å². The third-order valence-corrected chi connectivity index (χ3v) is 2.66. The number of nitrogens with zero attached hydrogens (tertiary/aromatic N) is 3. The Bertz CT molecular complexity index is 627. The van der Waals surface area contributed by atoms with Gasteiger partial charge in [0.05, 0.1) is 0 Å². The SMILES string of the molecule is CCc1cc(C(N)=O)nn1Cn1ccccc1=O. The maximum absolute atomic E-state index is 11.6. The van der Waals surface area contributed by atoms with Crippen LogP contribution in [0, 0.1) is 0 Å². The first-order valence-electron chi connectivity index (χ1n) is 5.64. The van der Waals surface area contributed by atoms with Gasteiger partial charge in [0.25, 0.3) is 11.5 Å². The van der Waals surface area contributed by atoms with Gasteiger partial charge in [0, 0.05) is 18.0 Å². The Kier molecular flexibility index (Phi) is 3.27. The summed E-state index contributed by atoms with van der Waals surface area (Å²) in [6, 6.07) is 6.57. The molecule has 0 unspecified atom stereocenters. The van der Waals surface area contributed by atoms with E-state index in [0.29, 0.717) is 6.42 Å². The summed E-state index contributed by atoms with van der Waals surface area (Å²) in [6.07, 6.45) is 2.38. The van der Waals surface area contributed by atoms with E-state index in [1.54, 1.807) is 29.1 Å². The van der Waals surface area contributed by atoms with Crippen molar-refractivity contribution in [2.45, 2.75) is 20.0 Å². The molecule has 0 atom stereocenters. The van der Waals surface area contributed by atoms with Crippen LogP contribution in [0.1, 0.15) is 23.1 Å². The van der Waals surface area contributed by atoms with E-state index in [0.717, 1.165) is 5.69 Å². The molecule has 18 heavy (non-hydrogen) atoms. The number of carbonyl (C=O) groups excluding carboxylic acids is 1. The van der Waals surface area contributed by atoms with Crippen molar-refractivity contribution in [2.24, 2.45) is 5.73 Å². The summed E-state index contributed by atoms with van der Waals surface area (Å²) in [5.74, 6) is -0.566. The lowest BCUT2D eigenvalue weighted by atomic mass is 10.3. The molecule has 6 nitrogen and oxygen atoms in total. The molecule has 2 rings (SSSR count). The minimum absolute atomic E-state index is 0.115. The van der Waals surface area contributed by atoms with Crippen LogP contribution in [-0.2, 0) is 13.1 Å². The Morgan fingerprint density at radius 1 is 1.44 bits per heavy atom. The van der Waals surface area contributed by atoms with Crippen LogP contribution >= 0.6 is 0 Å². The van der Waals surface area contributed by atoms with E-state index >= 15 is 0 Å². The van der Waals surface area contributed by atoms with E-state index in [-0.39, 0.29) is 17.9 Å². The average molecular weight is 246 g/mol. The largest absolute Gasteiger partial charge is 0.364 e. The molecule has 2 aromatic rings. The quantitative estimate of drug-likeness (QED) is 0.837. The average Bonchev–Trinajstić information content (AvgIpc) is 2.75. The van der Waals surface area contributed by atoms with Gasteiger partial charge in [-0.05, 0) is 18.6 Å². The van der Waals surface area contributed by atoms with Crippen molar-refractivity contribution in [3.8, 4) is 0 Å². The van der Waals surface area contributed by atoms with Gasteiger partial charge >= 0.3 is 0 Å². The highest BCUT2D eigenvalue weighted by Gasteiger charge is 2.10. The van der Waals surface area contributed by atoms with E-state index < -0.39 is 5.91 Å². The number of amides is 1. The lowest BCUT2D eigenvalue weighted by Gasteiger charge is -2.07. The van der Waals surface area contributed by atoms with Gasteiger partial charge in [-0.1, -0.05) is 13.0 Å². The Morgan fingerprint density at radius 3 is 2.83 bits per heavy atom. The monoisotopic (exact) mass is 246 g/mol. The molecule has 0 fully saturated rings. The van der Waals surface area contributed by atoms with Crippen LogP contribution < -0.4 is 11.3 Å². The molecule has 0 aliphatic rings. The van der Waals surface area contributed by atoms with Crippen molar-refractivity contribution in [1.29, 1.82) is 0 Å². The van der Waals surface area contributed by atoms with Crippen LogP contribution in [0.15, 0.2) is 35.3 Å². The molecular formula is C12H14N4O2. The van der Waals surface area contributed by atoms with Crippen molar-refractivity contribution in [1.82, 2.24) is 14.3 Å². The minimum Gasteiger partial charge on any atom is -0.364 e. The van der Waals surface area contributed by atoms with Gasteiger partial charge in [0.15, 0.2) is 0 Å². The zero-order valence-corrected chi connectivity index (χ0v) is 10.0. The maximum atomic E-state index is 11.6. The predicted octanol–water partition coefficient (Wildman–Crippen LogP) is 0.212. The molecule has 6 heteroatoms. The molecule has 0 spiro atoms. The number of nitrogens with two attached hydrogens (primary N) is 1. The van der Waals surface area contributed by atoms with E-state index in [9.17, 15) is 9.59 Å². The molecule has 0 saturated heterocycles. The predicted molar refractivity (Wildman–Crippen MR) is 66.2 cm³/mol. The minimum atomic E-state index is -0.566. The maximum Gasteiger partial charge on any atom is 0.269 e. The van der Waals surface area contributed by atoms with Crippen LogP contribution in [0.25, 0.3) is 0 Å². The van der Waals surface area contributed by atoms with Gasteiger partial charge < -0.3 is 5.73 Å². The van der Waals surface area contributed by atoms with Crippen molar-refractivity contribution in [3.63, 3.8) is 0 Å². The number of aryl methyl sites for hydroxylation is 1.